The van der Waals surface area contributed by atoms with Crippen LogP contribution >= 0.6 is 0 Å². The van der Waals surface area contributed by atoms with E-state index in [-0.39, 0.29) is 12.5 Å². The number of carbonyl (C=O) groups is 2. The quantitative estimate of drug-likeness (QED) is 0.762. The van der Waals surface area contributed by atoms with Gasteiger partial charge in [0, 0.05) is 30.1 Å². The summed E-state index contributed by atoms with van der Waals surface area (Å²) in [5.74, 6) is -1.59. The third-order valence-corrected chi connectivity index (χ3v) is 3.66. The zero-order valence-corrected chi connectivity index (χ0v) is 12.3. The summed E-state index contributed by atoms with van der Waals surface area (Å²) in [5, 5.41) is 12.6. The van der Waals surface area contributed by atoms with Gasteiger partial charge in [-0.2, -0.15) is 0 Å². The molecule has 2 aromatic rings. The lowest BCUT2D eigenvalue weighted by molar-refractivity contribution is -0.141. The number of aryl methyl sites for hydroxylation is 2. The zero-order chi connectivity index (χ0) is 15.4. The lowest BCUT2D eigenvalue weighted by atomic mass is 10.1. The first-order valence-electron chi connectivity index (χ1n) is 7.04. The second kappa shape index (κ2) is 6.43. The summed E-state index contributed by atoms with van der Waals surface area (Å²) in [4.78, 5) is 25.7. The van der Waals surface area contributed by atoms with Crippen molar-refractivity contribution in [1.82, 2.24) is 10.3 Å². The molecule has 0 saturated heterocycles. The number of H-pyrrole nitrogens is 1. The molecule has 5 nitrogen and oxygen atoms in total. The fraction of sp³-hybridized carbons (Fsp3) is 0.375. The first kappa shape index (κ1) is 15.1. The Hall–Kier alpha value is -2.30. The maximum Gasteiger partial charge on any atom is 0.308 e. The van der Waals surface area contributed by atoms with Crippen LogP contribution in [0.3, 0.4) is 0 Å². The zero-order valence-electron chi connectivity index (χ0n) is 12.3. The molecule has 0 aliphatic rings. The van der Waals surface area contributed by atoms with Gasteiger partial charge in [0.25, 0.3) is 0 Å². The van der Waals surface area contributed by atoms with Crippen LogP contribution in [0, 0.1) is 12.8 Å². The van der Waals surface area contributed by atoms with Crippen LogP contribution < -0.4 is 5.32 Å². The van der Waals surface area contributed by atoms with Crippen LogP contribution in [0.5, 0.6) is 0 Å². The molecule has 0 fully saturated rings. The van der Waals surface area contributed by atoms with Gasteiger partial charge in [0.1, 0.15) is 0 Å². The van der Waals surface area contributed by atoms with Gasteiger partial charge in [-0.25, -0.2) is 0 Å². The molecule has 5 heteroatoms. The van der Waals surface area contributed by atoms with Crippen molar-refractivity contribution in [2.45, 2.75) is 26.7 Å². The van der Waals surface area contributed by atoms with E-state index in [4.69, 9.17) is 5.11 Å². The Kier molecular flexibility index (Phi) is 4.62. The molecule has 1 amide bonds. The first-order chi connectivity index (χ1) is 9.99. The Morgan fingerprint density at radius 3 is 2.86 bits per heavy atom. The van der Waals surface area contributed by atoms with Gasteiger partial charge < -0.3 is 15.4 Å². The number of carboxylic acid groups (broad SMARTS) is 1. The number of nitrogens with one attached hydrogen (secondary N) is 2. The number of aromatic amines is 1. The predicted molar refractivity (Wildman–Crippen MR) is 81.2 cm³/mol. The summed E-state index contributed by atoms with van der Waals surface area (Å²) in [7, 11) is 0. The summed E-state index contributed by atoms with van der Waals surface area (Å²) in [6, 6.07) is 6.09. The number of aromatic nitrogens is 1. The molecule has 0 bridgehead atoms. The molecule has 0 spiro atoms. The average molecular weight is 288 g/mol. The molecule has 1 unspecified atom stereocenters. The van der Waals surface area contributed by atoms with Gasteiger partial charge >= 0.3 is 5.97 Å². The number of carboxylic acids is 1. The van der Waals surface area contributed by atoms with E-state index in [9.17, 15) is 9.59 Å². The van der Waals surface area contributed by atoms with Gasteiger partial charge in [-0.3, -0.25) is 9.59 Å². The molecular weight excluding hydrogens is 268 g/mol. The molecule has 1 aromatic heterocycles. The largest absolute Gasteiger partial charge is 0.481 e. The second-order valence-corrected chi connectivity index (χ2v) is 5.35. The summed E-state index contributed by atoms with van der Waals surface area (Å²) >= 11 is 0. The Bertz CT molecular complexity index is 661. The molecule has 2 rings (SSSR count). The van der Waals surface area contributed by atoms with Crippen molar-refractivity contribution in [3.8, 4) is 0 Å². The molecule has 0 aliphatic carbocycles. The fourth-order valence-corrected chi connectivity index (χ4v) is 2.26. The Morgan fingerprint density at radius 1 is 1.38 bits per heavy atom. The minimum atomic E-state index is -0.901. The van der Waals surface area contributed by atoms with Crippen LogP contribution in [0.15, 0.2) is 24.4 Å². The van der Waals surface area contributed by atoms with Gasteiger partial charge in [-0.15, -0.1) is 0 Å². The Balaban J connectivity index is 1.91. The number of para-hydroxylation sites is 1. The van der Waals surface area contributed by atoms with E-state index in [1.54, 1.807) is 6.92 Å². The van der Waals surface area contributed by atoms with E-state index in [2.05, 4.69) is 10.3 Å². The van der Waals surface area contributed by atoms with Crippen LogP contribution in [-0.2, 0) is 16.0 Å². The monoisotopic (exact) mass is 288 g/mol. The number of benzene rings is 1. The normalized spacial score (nSPS) is 12.3. The molecule has 21 heavy (non-hydrogen) atoms. The first-order valence-corrected chi connectivity index (χ1v) is 7.04. The van der Waals surface area contributed by atoms with Gasteiger partial charge in [0.2, 0.25) is 5.91 Å². The number of fused-ring (bicyclic) bond motifs is 1. The smallest absolute Gasteiger partial charge is 0.308 e. The highest BCUT2D eigenvalue weighted by Gasteiger charge is 2.12. The van der Waals surface area contributed by atoms with Crippen LogP contribution in [0.2, 0.25) is 0 Å². The number of hydrogen-bond acceptors (Lipinski definition) is 2. The van der Waals surface area contributed by atoms with E-state index in [0.29, 0.717) is 12.8 Å². The van der Waals surface area contributed by atoms with Crippen molar-refractivity contribution in [2.75, 3.05) is 6.54 Å². The van der Waals surface area contributed by atoms with E-state index < -0.39 is 11.9 Å². The number of rotatable bonds is 6. The van der Waals surface area contributed by atoms with Crippen LogP contribution in [0.1, 0.15) is 24.5 Å². The molecule has 3 N–H and O–H groups in total. The van der Waals surface area contributed by atoms with Crippen LogP contribution in [0.4, 0.5) is 0 Å². The maximum atomic E-state index is 11.8. The summed E-state index contributed by atoms with van der Waals surface area (Å²) in [6.45, 7) is 3.79. The molecular formula is C16H20N2O3. The van der Waals surface area contributed by atoms with Gasteiger partial charge in [-0.05, 0) is 24.5 Å². The van der Waals surface area contributed by atoms with Crippen LogP contribution in [-0.4, -0.2) is 28.5 Å². The molecule has 0 aliphatic heterocycles. The number of amides is 1. The third-order valence-electron chi connectivity index (χ3n) is 3.66. The fourth-order valence-electron chi connectivity index (χ4n) is 2.26. The highest BCUT2D eigenvalue weighted by atomic mass is 16.4. The predicted octanol–water partition coefficient (Wildman–Crippen LogP) is 2.25. The molecule has 1 heterocycles. The summed E-state index contributed by atoms with van der Waals surface area (Å²) in [6.07, 6.45) is 2.93. The average Bonchev–Trinajstić information content (AvgIpc) is 2.87. The lowest BCUT2D eigenvalue weighted by Crippen LogP contribution is -2.31. The van der Waals surface area contributed by atoms with E-state index in [0.717, 1.165) is 16.5 Å². The lowest BCUT2D eigenvalue weighted by Gasteiger charge is -2.08. The molecule has 0 radical (unpaired) electrons. The van der Waals surface area contributed by atoms with E-state index in [1.807, 2.05) is 31.3 Å². The highest BCUT2D eigenvalue weighted by molar-refractivity contribution is 5.86. The molecule has 1 aromatic carbocycles. The standard InChI is InChI=1S/C16H20N2O3/c1-10-4-3-5-13-12(9-18-15(10)13)6-7-14(19)17-8-11(2)16(20)21/h3-5,9,11,18H,6-8H2,1-2H3,(H,17,19)(H,20,21). The van der Waals surface area contributed by atoms with Crippen molar-refractivity contribution in [2.24, 2.45) is 5.92 Å². The Morgan fingerprint density at radius 2 is 2.14 bits per heavy atom. The van der Waals surface area contributed by atoms with Crippen molar-refractivity contribution >= 4 is 22.8 Å². The van der Waals surface area contributed by atoms with Gasteiger partial charge in [-0.1, -0.05) is 25.1 Å². The summed E-state index contributed by atoms with van der Waals surface area (Å²) in [5.41, 5.74) is 3.39. The van der Waals surface area contributed by atoms with Crippen molar-refractivity contribution in [3.63, 3.8) is 0 Å². The second-order valence-electron chi connectivity index (χ2n) is 5.35. The molecule has 0 saturated carbocycles. The minimum absolute atomic E-state index is 0.120. The van der Waals surface area contributed by atoms with Crippen molar-refractivity contribution in [1.29, 1.82) is 0 Å². The highest BCUT2D eigenvalue weighted by Crippen LogP contribution is 2.22. The van der Waals surface area contributed by atoms with Crippen LogP contribution in [0.25, 0.3) is 10.9 Å². The van der Waals surface area contributed by atoms with Gasteiger partial charge in [0.15, 0.2) is 0 Å². The van der Waals surface area contributed by atoms with E-state index in [1.165, 1.54) is 5.56 Å². The Labute approximate surface area is 123 Å². The topological polar surface area (TPSA) is 82.2 Å². The number of aliphatic carboxylic acids is 1. The number of carbonyl (C=O) groups excluding carboxylic acids is 1. The maximum absolute atomic E-state index is 11.8. The summed E-state index contributed by atoms with van der Waals surface area (Å²) < 4.78 is 0. The van der Waals surface area contributed by atoms with Crippen molar-refractivity contribution < 1.29 is 14.7 Å². The van der Waals surface area contributed by atoms with Gasteiger partial charge in [0.05, 0.1) is 5.92 Å². The SMILES string of the molecule is Cc1cccc2c(CCC(=O)NCC(C)C(=O)O)c[nH]c12. The third kappa shape index (κ3) is 3.62. The van der Waals surface area contributed by atoms with Crippen molar-refractivity contribution in [3.05, 3.63) is 35.5 Å². The molecule has 1 atom stereocenters. The number of hydrogen-bond donors (Lipinski definition) is 3. The molecule has 112 valence electrons. The van der Waals surface area contributed by atoms with E-state index >= 15 is 0 Å². The minimum Gasteiger partial charge on any atom is -0.481 e.